The molecule has 2 aromatic rings. The smallest absolute Gasteiger partial charge is 0.369 e. The lowest BCUT2D eigenvalue weighted by atomic mass is 9.99. The van der Waals surface area contributed by atoms with Crippen molar-refractivity contribution in [3.05, 3.63) is 16.7 Å². The van der Waals surface area contributed by atoms with Crippen LogP contribution in [0.3, 0.4) is 0 Å². The van der Waals surface area contributed by atoms with E-state index in [2.05, 4.69) is 15.0 Å². The van der Waals surface area contributed by atoms with Gasteiger partial charge in [-0.2, -0.15) is 4.98 Å². The number of nitrogen functional groups attached to an aromatic ring is 1. The first-order valence-corrected chi connectivity index (χ1v) is 7.94. The molecule has 0 radical (unpaired) electrons. The summed E-state index contributed by atoms with van der Waals surface area (Å²) in [5.41, 5.74) is 11.7. The van der Waals surface area contributed by atoms with Crippen molar-refractivity contribution in [3.63, 3.8) is 0 Å². The summed E-state index contributed by atoms with van der Waals surface area (Å²) in [5, 5.41) is 0. The van der Waals surface area contributed by atoms with E-state index in [-0.39, 0.29) is 29.6 Å². The van der Waals surface area contributed by atoms with E-state index in [9.17, 15) is 9.36 Å². The van der Waals surface area contributed by atoms with Gasteiger partial charge in [-0.1, -0.05) is 6.92 Å². The maximum Gasteiger partial charge on any atom is 0.694 e. The monoisotopic (exact) mass is 343 g/mol. The normalized spacial score (nSPS) is 28.4. The van der Waals surface area contributed by atoms with Gasteiger partial charge in [0.25, 0.3) is 5.56 Å². The molecule has 3 unspecified atom stereocenters. The number of aromatic nitrogens is 4. The Bertz CT molecular complexity index is 806. The zero-order chi connectivity index (χ0) is 16.7. The van der Waals surface area contributed by atoms with Crippen molar-refractivity contribution in [2.45, 2.75) is 25.3 Å². The van der Waals surface area contributed by atoms with Crippen LogP contribution >= 0.6 is 8.25 Å². The number of nitrogens with zero attached hydrogens (tertiary/aromatic N) is 3. The molecule has 3 rings (SSSR count). The molecular formula is C11H16N6O5P+. The number of rotatable bonds is 4. The molecular weight excluding hydrogens is 327 g/mol. The summed E-state index contributed by atoms with van der Waals surface area (Å²) in [6.45, 7) is 1.77. The molecule has 0 saturated carbocycles. The molecule has 0 amide bonds. The number of nitrogens with two attached hydrogens (primary N) is 2. The SMILES string of the molecule is CC1C(N)[C@H](n2cnc3c(=O)[nH]c(N)nc32)O[C@@H]1CO[P+](=O)O. The first kappa shape index (κ1) is 16.0. The second-order valence-electron chi connectivity index (χ2n) is 5.31. The van der Waals surface area contributed by atoms with Crippen LogP contribution in [-0.4, -0.2) is 43.2 Å². The van der Waals surface area contributed by atoms with Gasteiger partial charge in [0.05, 0.1) is 18.5 Å². The van der Waals surface area contributed by atoms with Gasteiger partial charge in [0.2, 0.25) is 5.95 Å². The zero-order valence-corrected chi connectivity index (χ0v) is 13.0. The molecule has 1 aliphatic heterocycles. The molecule has 6 N–H and O–H groups in total. The molecule has 0 spiro atoms. The fourth-order valence-electron chi connectivity index (χ4n) is 2.61. The van der Waals surface area contributed by atoms with Crippen molar-refractivity contribution in [2.75, 3.05) is 12.3 Å². The molecule has 12 heteroatoms. The van der Waals surface area contributed by atoms with Gasteiger partial charge in [0, 0.05) is 10.5 Å². The number of hydrogen-bond donors (Lipinski definition) is 4. The third-order valence-electron chi connectivity index (χ3n) is 3.91. The Morgan fingerprint density at radius 3 is 3.04 bits per heavy atom. The topological polar surface area (TPSA) is 171 Å². The second kappa shape index (κ2) is 5.95. The predicted octanol–water partition coefficient (Wildman–Crippen LogP) is -0.771. The van der Waals surface area contributed by atoms with E-state index in [4.69, 9.17) is 25.6 Å². The van der Waals surface area contributed by atoms with Gasteiger partial charge in [0.15, 0.2) is 17.4 Å². The quantitative estimate of drug-likeness (QED) is 0.520. The van der Waals surface area contributed by atoms with Gasteiger partial charge in [0.1, 0.15) is 6.61 Å². The minimum Gasteiger partial charge on any atom is -0.369 e. The molecule has 0 aliphatic carbocycles. The Morgan fingerprint density at radius 2 is 2.35 bits per heavy atom. The number of fused-ring (bicyclic) bond motifs is 1. The molecule has 5 atom stereocenters. The van der Waals surface area contributed by atoms with E-state index in [1.807, 2.05) is 6.92 Å². The third kappa shape index (κ3) is 2.84. The first-order valence-electron chi connectivity index (χ1n) is 6.81. The summed E-state index contributed by atoms with van der Waals surface area (Å²) in [6, 6.07) is -0.445. The molecule has 2 aromatic heterocycles. The van der Waals surface area contributed by atoms with Crippen molar-refractivity contribution >= 4 is 25.4 Å². The van der Waals surface area contributed by atoms with Crippen molar-refractivity contribution in [1.29, 1.82) is 0 Å². The number of imidazole rings is 1. The molecule has 1 fully saturated rings. The number of hydrogen-bond acceptors (Lipinski definition) is 8. The molecule has 1 saturated heterocycles. The van der Waals surface area contributed by atoms with E-state index in [1.165, 1.54) is 10.9 Å². The van der Waals surface area contributed by atoms with Crippen LogP contribution in [0, 0.1) is 5.92 Å². The fraction of sp³-hybridized carbons (Fsp3) is 0.545. The molecule has 23 heavy (non-hydrogen) atoms. The van der Waals surface area contributed by atoms with Crippen LogP contribution in [0.25, 0.3) is 11.2 Å². The summed E-state index contributed by atoms with van der Waals surface area (Å²) in [5.74, 6) is -0.187. The van der Waals surface area contributed by atoms with Gasteiger partial charge in [-0.25, -0.2) is 4.98 Å². The van der Waals surface area contributed by atoms with Crippen LogP contribution in [0.1, 0.15) is 13.2 Å². The maximum atomic E-state index is 11.8. The third-order valence-corrected chi connectivity index (χ3v) is 4.28. The van der Waals surface area contributed by atoms with Crippen molar-refractivity contribution in [2.24, 2.45) is 11.7 Å². The summed E-state index contributed by atoms with van der Waals surface area (Å²) in [4.78, 5) is 31.0. The Morgan fingerprint density at radius 1 is 1.61 bits per heavy atom. The van der Waals surface area contributed by atoms with Crippen LogP contribution in [0.2, 0.25) is 0 Å². The van der Waals surface area contributed by atoms with Crippen LogP contribution in [0.15, 0.2) is 11.1 Å². The second-order valence-corrected chi connectivity index (χ2v) is 6.04. The van der Waals surface area contributed by atoms with E-state index < -0.39 is 32.2 Å². The highest BCUT2D eigenvalue weighted by Gasteiger charge is 2.42. The largest absolute Gasteiger partial charge is 0.694 e. The van der Waals surface area contributed by atoms with Crippen LogP contribution < -0.4 is 17.0 Å². The summed E-state index contributed by atoms with van der Waals surface area (Å²) >= 11 is 0. The maximum absolute atomic E-state index is 11.8. The van der Waals surface area contributed by atoms with Gasteiger partial charge in [-0.15, -0.1) is 9.42 Å². The van der Waals surface area contributed by atoms with Gasteiger partial charge < -0.3 is 16.2 Å². The molecule has 3 heterocycles. The first-order chi connectivity index (χ1) is 10.9. The lowest BCUT2D eigenvalue weighted by Gasteiger charge is -2.17. The van der Waals surface area contributed by atoms with E-state index in [1.54, 1.807) is 0 Å². The highest BCUT2D eigenvalue weighted by molar-refractivity contribution is 7.32. The van der Waals surface area contributed by atoms with Crippen molar-refractivity contribution in [1.82, 2.24) is 19.5 Å². The zero-order valence-electron chi connectivity index (χ0n) is 12.1. The highest BCUT2D eigenvalue weighted by Crippen LogP contribution is 2.34. The lowest BCUT2D eigenvalue weighted by Crippen LogP contribution is -2.34. The molecule has 0 bridgehead atoms. The average molecular weight is 343 g/mol. The van der Waals surface area contributed by atoms with Crippen LogP contribution in [-0.2, 0) is 13.8 Å². The number of H-pyrrole nitrogens is 1. The molecule has 1 aliphatic rings. The minimum atomic E-state index is -2.71. The van der Waals surface area contributed by atoms with Crippen molar-refractivity contribution < 1.29 is 18.7 Å². The van der Waals surface area contributed by atoms with Gasteiger partial charge in [-0.05, 0) is 0 Å². The van der Waals surface area contributed by atoms with Gasteiger partial charge in [-0.3, -0.25) is 14.3 Å². The standard InChI is InChI=1S/C11H15N6O5P/c1-4-5(2-21-23(19)20)22-10(6(4)12)17-3-14-7-8(17)15-11(13)16-9(7)18/h3-6,10H,2,12H2,1H3,(H3-,13,15,16,18,19,20)/p+1/t4?,5-,6?,10-/m1/s1. The van der Waals surface area contributed by atoms with Crippen LogP contribution in [0.5, 0.6) is 0 Å². The number of aromatic amines is 1. The number of anilines is 1. The van der Waals surface area contributed by atoms with E-state index in [0.29, 0.717) is 0 Å². The Balaban J connectivity index is 1.93. The summed E-state index contributed by atoms with van der Waals surface area (Å²) in [7, 11) is -2.71. The molecule has 11 nitrogen and oxygen atoms in total. The Labute approximate surface area is 130 Å². The lowest BCUT2D eigenvalue weighted by molar-refractivity contribution is -0.0253. The van der Waals surface area contributed by atoms with Crippen molar-refractivity contribution in [3.8, 4) is 0 Å². The molecule has 124 valence electrons. The van der Waals surface area contributed by atoms with E-state index in [0.717, 1.165) is 0 Å². The summed E-state index contributed by atoms with van der Waals surface area (Å²) < 4.78 is 22.7. The van der Waals surface area contributed by atoms with Gasteiger partial charge >= 0.3 is 8.25 Å². The highest BCUT2D eigenvalue weighted by atomic mass is 31.1. The summed E-state index contributed by atoms with van der Waals surface area (Å²) in [6.07, 6.45) is 0.283. The minimum absolute atomic E-state index is 0.0407. The molecule has 0 aromatic carbocycles. The Hall–Kier alpha value is -1.91. The Kier molecular flexibility index (Phi) is 4.13. The van der Waals surface area contributed by atoms with E-state index >= 15 is 0 Å². The average Bonchev–Trinajstić information content (AvgIpc) is 3.00. The van der Waals surface area contributed by atoms with Crippen LogP contribution in [0.4, 0.5) is 5.95 Å². The fourth-order valence-corrected chi connectivity index (χ4v) is 2.88. The predicted molar refractivity (Wildman–Crippen MR) is 79.4 cm³/mol. The number of nitrogens with one attached hydrogen (secondary N) is 1. The number of ether oxygens (including phenoxy) is 1.